The summed E-state index contributed by atoms with van der Waals surface area (Å²) in [4.78, 5) is 2.59. The van der Waals surface area contributed by atoms with Crippen LogP contribution in [0.15, 0.2) is 24.3 Å². The number of nitrogens with zero attached hydrogens (tertiary/aromatic N) is 1. The van der Waals surface area contributed by atoms with Crippen LogP contribution in [0.5, 0.6) is 0 Å². The van der Waals surface area contributed by atoms with Crippen molar-refractivity contribution in [2.24, 2.45) is 5.92 Å². The lowest BCUT2D eigenvalue weighted by atomic mass is 9.90. The van der Waals surface area contributed by atoms with Gasteiger partial charge in [0.05, 0.1) is 6.10 Å². The number of anilines is 1. The van der Waals surface area contributed by atoms with Gasteiger partial charge in [-0.1, -0.05) is 31.5 Å². The molecule has 0 aromatic heterocycles. The summed E-state index contributed by atoms with van der Waals surface area (Å²) in [7, 11) is 0. The normalized spacial score (nSPS) is 28.2. The molecule has 104 valence electrons. The van der Waals surface area contributed by atoms with Crippen molar-refractivity contribution in [1.82, 2.24) is 0 Å². The fraction of sp³-hybridized carbons (Fsp3) is 0.647. The molecule has 3 rings (SSSR count). The van der Waals surface area contributed by atoms with Crippen molar-refractivity contribution >= 4 is 5.69 Å². The van der Waals surface area contributed by atoms with E-state index in [1.54, 1.807) is 0 Å². The molecule has 1 heterocycles. The Morgan fingerprint density at radius 2 is 2.00 bits per heavy atom. The van der Waals surface area contributed by atoms with Crippen LogP contribution < -0.4 is 4.90 Å². The van der Waals surface area contributed by atoms with Crippen LogP contribution in [0, 0.1) is 5.92 Å². The topological polar surface area (TPSA) is 23.5 Å². The van der Waals surface area contributed by atoms with E-state index in [-0.39, 0.29) is 6.10 Å². The van der Waals surface area contributed by atoms with Gasteiger partial charge in [0.15, 0.2) is 0 Å². The van der Waals surface area contributed by atoms with E-state index in [1.807, 2.05) is 6.07 Å². The van der Waals surface area contributed by atoms with Gasteiger partial charge in [0, 0.05) is 23.8 Å². The van der Waals surface area contributed by atoms with Crippen molar-refractivity contribution in [1.29, 1.82) is 0 Å². The van der Waals surface area contributed by atoms with Gasteiger partial charge in [0.25, 0.3) is 0 Å². The highest BCUT2D eigenvalue weighted by Crippen LogP contribution is 2.41. The van der Waals surface area contributed by atoms with Gasteiger partial charge in [0.2, 0.25) is 0 Å². The van der Waals surface area contributed by atoms with E-state index in [9.17, 15) is 5.11 Å². The number of aliphatic hydroxyl groups is 1. The number of rotatable bonds is 3. The quantitative estimate of drug-likeness (QED) is 0.890. The van der Waals surface area contributed by atoms with Gasteiger partial charge >= 0.3 is 0 Å². The number of fused-ring (bicyclic) bond motifs is 1. The van der Waals surface area contributed by atoms with E-state index in [1.165, 1.54) is 37.8 Å². The summed E-state index contributed by atoms with van der Waals surface area (Å²) in [5.74, 6) is 0.889. The molecular formula is C17H25NO. The summed E-state index contributed by atoms with van der Waals surface area (Å²) in [6, 6.07) is 9.18. The van der Waals surface area contributed by atoms with Gasteiger partial charge in [-0.05, 0) is 44.1 Å². The number of benzene rings is 1. The maximum atomic E-state index is 10.3. The Balaban J connectivity index is 1.92. The van der Waals surface area contributed by atoms with Gasteiger partial charge in [-0.2, -0.15) is 0 Å². The zero-order valence-electron chi connectivity index (χ0n) is 11.9. The van der Waals surface area contributed by atoms with Crippen molar-refractivity contribution in [2.75, 3.05) is 11.4 Å². The molecule has 1 aliphatic heterocycles. The largest absolute Gasteiger partial charge is 0.388 e. The van der Waals surface area contributed by atoms with Gasteiger partial charge in [-0.15, -0.1) is 0 Å². The molecule has 0 spiro atoms. The van der Waals surface area contributed by atoms with Crippen LogP contribution in [-0.4, -0.2) is 17.7 Å². The Bertz CT molecular complexity index is 431. The molecular weight excluding hydrogens is 234 g/mol. The minimum atomic E-state index is -0.321. The van der Waals surface area contributed by atoms with Gasteiger partial charge in [-0.3, -0.25) is 0 Å². The lowest BCUT2D eigenvalue weighted by molar-refractivity contribution is 0.173. The smallest absolute Gasteiger partial charge is 0.0807 e. The predicted molar refractivity (Wildman–Crippen MR) is 79.4 cm³/mol. The predicted octanol–water partition coefficient (Wildman–Crippen LogP) is 3.90. The maximum Gasteiger partial charge on any atom is 0.0807 e. The summed E-state index contributed by atoms with van der Waals surface area (Å²) in [6.45, 7) is 3.21. The molecule has 2 unspecified atom stereocenters. The monoisotopic (exact) mass is 259 g/mol. The van der Waals surface area contributed by atoms with Crippen LogP contribution in [-0.2, 0) is 0 Å². The fourth-order valence-electron chi connectivity index (χ4n) is 4.00. The van der Waals surface area contributed by atoms with Crippen molar-refractivity contribution < 1.29 is 5.11 Å². The molecule has 0 radical (unpaired) electrons. The minimum Gasteiger partial charge on any atom is -0.388 e. The van der Waals surface area contributed by atoms with Gasteiger partial charge in [-0.25, -0.2) is 0 Å². The lowest BCUT2D eigenvalue weighted by Crippen LogP contribution is -2.43. The number of para-hydroxylation sites is 1. The molecule has 2 nitrogen and oxygen atoms in total. The summed E-state index contributed by atoms with van der Waals surface area (Å²) < 4.78 is 0. The zero-order chi connectivity index (χ0) is 13.2. The van der Waals surface area contributed by atoms with Crippen LogP contribution in [0.2, 0.25) is 0 Å². The standard InChI is InChI=1S/C17H25NO/c1-2-17(19)14-9-3-4-10-16(14)18-12-6-8-13-7-5-11-15(13)18/h3-4,9-10,13,15,17,19H,2,5-8,11-12H2,1H3/t13?,15?,17-/m0/s1. The molecule has 1 N–H and O–H groups in total. The SMILES string of the molecule is CC[C@H](O)c1ccccc1N1CCCC2CCCC21. The number of aliphatic hydroxyl groups excluding tert-OH is 1. The van der Waals surface area contributed by atoms with Crippen molar-refractivity contribution in [3.63, 3.8) is 0 Å². The Morgan fingerprint density at radius 1 is 1.21 bits per heavy atom. The van der Waals surface area contributed by atoms with Crippen LogP contribution in [0.3, 0.4) is 0 Å². The molecule has 1 aromatic rings. The van der Waals surface area contributed by atoms with Gasteiger partial charge in [0.1, 0.15) is 0 Å². The third-order valence-electron chi connectivity index (χ3n) is 4.99. The first-order valence-corrected chi connectivity index (χ1v) is 7.85. The Kier molecular flexibility index (Phi) is 3.79. The van der Waals surface area contributed by atoms with E-state index < -0.39 is 0 Å². The molecule has 2 heteroatoms. The van der Waals surface area contributed by atoms with Crippen LogP contribution in [0.1, 0.15) is 57.1 Å². The summed E-state index contributed by atoms with van der Waals surface area (Å²) >= 11 is 0. The van der Waals surface area contributed by atoms with E-state index in [4.69, 9.17) is 0 Å². The molecule has 2 aliphatic rings. The Labute approximate surface area is 116 Å². The molecule has 0 bridgehead atoms. The van der Waals surface area contributed by atoms with Crippen LogP contribution in [0.4, 0.5) is 5.69 Å². The van der Waals surface area contributed by atoms with Crippen molar-refractivity contribution in [3.05, 3.63) is 29.8 Å². The lowest BCUT2D eigenvalue weighted by Gasteiger charge is -2.41. The highest BCUT2D eigenvalue weighted by atomic mass is 16.3. The third-order valence-corrected chi connectivity index (χ3v) is 4.99. The minimum absolute atomic E-state index is 0.321. The molecule has 1 aliphatic carbocycles. The molecule has 19 heavy (non-hydrogen) atoms. The third kappa shape index (κ3) is 2.38. The summed E-state index contributed by atoms with van der Waals surface area (Å²) in [5, 5.41) is 10.3. The number of piperidine rings is 1. The molecule has 1 saturated heterocycles. The number of hydrogen-bond donors (Lipinski definition) is 1. The average molecular weight is 259 g/mol. The van der Waals surface area contributed by atoms with E-state index in [0.29, 0.717) is 0 Å². The van der Waals surface area contributed by atoms with Crippen molar-refractivity contribution in [2.45, 2.75) is 57.6 Å². The van der Waals surface area contributed by atoms with Crippen LogP contribution in [0.25, 0.3) is 0 Å². The van der Waals surface area contributed by atoms with Gasteiger partial charge < -0.3 is 10.0 Å². The zero-order valence-corrected chi connectivity index (χ0v) is 11.9. The Morgan fingerprint density at radius 3 is 2.84 bits per heavy atom. The first-order valence-electron chi connectivity index (χ1n) is 7.85. The second kappa shape index (κ2) is 5.54. The first-order chi connectivity index (χ1) is 9.31. The molecule has 3 atom stereocenters. The average Bonchev–Trinajstić information content (AvgIpc) is 2.94. The fourth-order valence-corrected chi connectivity index (χ4v) is 4.00. The second-order valence-electron chi connectivity index (χ2n) is 6.08. The van der Waals surface area contributed by atoms with E-state index in [2.05, 4.69) is 30.0 Å². The highest BCUT2D eigenvalue weighted by molar-refractivity contribution is 5.56. The second-order valence-corrected chi connectivity index (χ2v) is 6.08. The van der Waals surface area contributed by atoms with E-state index >= 15 is 0 Å². The number of hydrogen-bond acceptors (Lipinski definition) is 2. The summed E-state index contributed by atoms with van der Waals surface area (Å²) in [5.41, 5.74) is 2.41. The maximum absolute atomic E-state index is 10.3. The van der Waals surface area contributed by atoms with Crippen molar-refractivity contribution in [3.8, 4) is 0 Å². The summed E-state index contributed by atoms with van der Waals surface area (Å²) in [6.07, 6.45) is 7.29. The highest BCUT2D eigenvalue weighted by Gasteiger charge is 2.35. The Hall–Kier alpha value is -1.02. The molecule has 2 fully saturated rings. The molecule has 1 aromatic carbocycles. The molecule has 1 saturated carbocycles. The first kappa shape index (κ1) is 13.0. The van der Waals surface area contributed by atoms with E-state index in [0.717, 1.165) is 30.5 Å². The molecule has 0 amide bonds. The van der Waals surface area contributed by atoms with Crippen LogP contribution >= 0.6 is 0 Å².